The van der Waals surface area contributed by atoms with E-state index >= 15 is 0 Å². The van der Waals surface area contributed by atoms with Gasteiger partial charge in [-0.3, -0.25) is 14.4 Å². The normalized spacial score (nSPS) is 11.0. The van der Waals surface area contributed by atoms with E-state index in [4.69, 9.17) is 11.6 Å². The predicted molar refractivity (Wildman–Crippen MR) is 179 cm³/mol. The van der Waals surface area contributed by atoms with Crippen LogP contribution >= 0.6 is 11.6 Å². The van der Waals surface area contributed by atoms with Crippen LogP contribution in [0.5, 0.6) is 5.75 Å². The number of carbonyl (C=O) groups excluding carboxylic acids is 3. The van der Waals surface area contributed by atoms with Gasteiger partial charge in [-0.25, -0.2) is 8.42 Å². The topological polar surface area (TPSA) is 165 Å². The van der Waals surface area contributed by atoms with Gasteiger partial charge in [0.05, 0.1) is 4.90 Å². The van der Waals surface area contributed by atoms with E-state index in [2.05, 4.69) is 16.0 Å². The van der Waals surface area contributed by atoms with Crippen LogP contribution in [0.25, 0.3) is 21.5 Å². The van der Waals surface area contributed by atoms with Crippen LogP contribution in [0.15, 0.2) is 120 Å². The molecule has 48 heavy (non-hydrogen) atoms. The fourth-order valence-corrected chi connectivity index (χ4v) is 5.79. The molecule has 0 aliphatic heterocycles. The quantitative estimate of drug-likeness (QED) is 0.145. The minimum Gasteiger partial charge on any atom is -0.744 e. The first-order valence-electron chi connectivity index (χ1n) is 14.0. The molecule has 6 rings (SSSR count). The molecule has 6 aromatic rings. The Morgan fingerprint density at radius 3 is 1.73 bits per heavy atom. The minimum absolute atomic E-state index is 0. The van der Waals surface area contributed by atoms with Crippen molar-refractivity contribution in [2.45, 2.75) is 4.90 Å². The van der Waals surface area contributed by atoms with E-state index in [1.54, 1.807) is 66.7 Å². The van der Waals surface area contributed by atoms with Crippen LogP contribution in [-0.2, 0) is 10.1 Å². The van der Waals surface area contributed by atoms with Crippen LogP contribution in [0.4, 0.5) is 17.1 Å². The third-order valence-corrected chi connectivity index (χ3v) is 8.37. The van der Waals surface area contributed by atoms with Crippen LogP contribution in [-0.4, -0.2) is 35.8 Å². The molecule has 0 fully saturated rings. The average Bonchev–Trinajstić information content (AvgIpc) is 3.04. The first kappa shape index (κ1) is 34.6. The number of nitrogens with one attached hydrogen (secondary N) is 3. The molecule has 13 heteroatoms. The maximum Gasteiger partial charge on any atom is 1.00 e. The second kappa shape index (κ2) is 14.2. The van der Waals surface area contributed by atoms with Gasteiger partial charge in [-0.2, -0.15) is 0 Å². The van der Waals surface area contributed by atoms with E-state index < -0.39 is 32.7 Å². The fraction of sp³-hybridized carbons (Fsp3) is 0. The van der Waals surface area contributed by atoms with Crippen molar-refractivity contribution in [1.29, 1.82) is 0 Å². The van der Waals surface area contributed by atoms with Crippen molar-refractivity contribution in [3.8, 4) is 5.75 Å². The van der Waals surface area contributed by atoms with Crippen molar-refractivity contribution in [2.24, 2.45) is 0 Å². The maximum atomic E-state index is 13.6. The van der Waals surface area contributed by atoms with E-state index in [0.717, 1.165) is 6.07 Å². The molecule has 234 valence electrons. The predicted octanol–water partition coefficient (Wildman–Crippen LogP) is 4.02. The molecule has 0 unspecified atom stereocenters. The van der Waals surface area contributed by atoms with Crippen molar-refractivity contribution in [3.05, 3.63) is 137 Å². The standard InChI is InChI=1S/C35H24ClN3O7S.Na/c36-25-7-1-6-22(15-25)33(41)37-26-16-23(34(42)38-31-8-2-4-20-18-27(40)10-12-29(20)31)14-24(17-26)35(43)39-32-9-3-5-21-19-28(47(44,45)46)11-13-30(21)32;/h1-19,40H,(H,37,41)(H,38,42)(H,39,43)(H,44,45,46);/q;+1/p-1. The number of fused-ring (bicyclic) bond motifs is 2. The van der Waals surface area contributed by atoms with Gasteiger partial charge in [-0.05, 0) is 89.6 Å². The maximum absolute atomic E-state index is 13.6. The zero-order valence-corrected chi connectivity index (χ0v) is 28.7. The number of halogens is 1. The molecule has 0 saturated carbocycles. The summed E-state index contributed by atoms with van der Waals surface area (Å²) in [5.74, 6) is -1.66. The van der Waals surface area contributed by atoms with Crippen LogP contribution in [0.3, 0.4) is 0 Å². The second-order valence-corrected chi connectivity index (χ2v) is 12.3. The molecule has 0 radical (unpaired) electrons. The van der Waals surface area contributed by atoms with Gasteiger partial charge in [-0.15, -0.1) is 0 Å². The minimum atomic E-state index is -4.69. The molecule has 3 amide bonds. The number of benzene rings is 6. The van der Waals surface area contributed by atoms with Crippen molar-refractivity contribution in [1.82, 2.24) is 0 Å². The Bertz CT molecular complexity index is 2370. The van der Waals surface area contributed by atoms with Gasteiger partial charge in [0.1, 0.15) is 15.9 Å². The van der Waals surface area contributed by atoms with Gasteiger partial charge >= 0.3 is 29.6 Å². The second-order valence-electron chi connectivity index (χ2n) is 10.5. The zero-order chi connectivity index (χ0) is 33.3. The summed E-state index contributed by atoms with van der Waals surface area (Å²) < 4.78 is 34.5. The first-order chi connectivity index (χ1) is 22.4. The van der Waals surface area contributed by atoms with Gasteiger partial charge in [0.25, 0.3) is 17.7 Å². The Hall–Kier alpha value is -4.75. The summed E-state index contributed by atoms with van der Waals surface area (Å²) in [5, 5.41) is 20.8. The van der Waals surface area contributed by atoms with Gasteiger partial charge in [0.15, 0.2) is 0 Å². The van der Waals surface area contributed by atoms with Crippen molar-refractivity contribution >= 4 is 78.0 Å². The summed E-state index contributed by atoms with van der Waals surface area (Å²) in [6.07, 6.45) is 0. The molecule has 0 atom stereocenters. The number of phenols is 1. The van der Waals surface area contributed by atoms with E-state index in [1.165, 1.54) is 42.5 Å². The summed E-state index contributed by atoms with van der Waals surface area (Å²) >= 11 is 6.06. The van der Waals surface area contributed by atoms with Crippen LogP contribution < -0.4 is 45.5 Å². The van der Waals surface area contributed by atoms with E-state index in [9.17, 15) is 32.5 Å². The van der Waals surface area contributed by atoms with Crippen molar-refractivity contribution < 1.29 is 62.0 Å². The van der Waals surface area contributed by atoms with Crippen LogP contribution in [0.2, 0.25) is 5.02 Å². The Kier molecular flexibility index (Phi) is 10.2. The number of aromatic hydroxyl groups is 1. The summed E-state index contributed by atoms with van der Waals surface area (Å²) in [6, 6.07) is 29.0. The number of phenolic OH excluding ortho intramolecular Hbond substituents is 1. The molecule has 0 heterocycles. The smallest absolute Gasteiger partial charge is 0.744 e. The molecular weight excluding hydrogens is 665 g/mol. The first-order valence-corrected chi connectivity index (χ1v) is 15.8. The molecule has 0 spiro atoms. The number of rotatable bonds is 7. The Morgan fingerprint density at radius 1 is 0.604 bits per heavy atom. The number of carbonyl (C=O) groups is 3. The molecule has 6 aromatic carbocycles. The molecule has 10 nitrogen and oxygen atoms in total. The van der Waals surface area contributed by atoms with E-state index in [1.807, 2.05) is 0 Å². The fourth-order valence-electron chi connectivity index (χ4n) is 5.09. The molecule has 0 aromatic heterocycles. The monoisotopic (exact) mass is 687 g/mol. The van der Waals surface area contributed by atoms with Gasteiger partial charge in [0, 0.05) is 49.5 Å². The third-order valence-electron chi connectivity index (χ3n) is 7.30. The van der Waals surface area contributed by atoms with Crippen molar-refractivity contribution in [2.75, 3.05) is 16.0 Å². The molecule has 4 N–H and O–H groups in total. The van der Waals surface area contributed by atoms with E-state index in [0.29, 0.717) is 37.9 Å². The van der Waals surface area contributed by atoms with Gasteiger partial charge < -0.3 is 25.6 Å². The Labute approximate surface area is 301 Å². The van der Waals surface area contributed by atoms with Gasteiger partial charge in [0.2, 0.25) is 0 Å². The van der Waals surface area contributed by atoms with Crippen LogP contribution in [0.1, 0.15) is 31.1 Å². The third kappa shape index (κ3) is 7.69. The zero-order valence-electron chi connectivity index (χ0n) is 25.2. The molecule has 0 aliphatic rings. The number of anilines is 3. The van der Waals surface area contributed by atoms with E-state index in [-0.39, 0.29) is 57.7 Å². The largest absolute Gasteiger partial charge is 1.00 e. The van der Waals surface area contributed by atoms with Gasteiger partial charge in [-0.1, -0.05) is 48.0 Å². The molecule has 0 aliphatic carbocycles. The number of amides is 3. The summed E-state index contributed by atoms with van der Waals surface area (Å²) in [7, 11) is -4.69. The Balaban J connectivity index is 0.00000451. The summed E-state index contributed by atoms with van der Waals surface area (Å²) in [5.41, 5.74) is 1.27. The molecule has 0 bridgehead atoms. The molecular formula is C35H23ClN3NaO7S. The Morgan fingerprint density at radius 2 is 1.15 bits per heavy atom. The van der Waals surface area contributed by atoms with Crippen molar-refractivity contribution in [3.63, 3.8) is 0 Å². The molecule has 0 saturated heterocycles. The SMILES string of the molecule is O=C(Nc1cc(C(=O)Nc2cccc3cc(O)ccc23)cc(C(=O)Nc2cccc3cc(S(=O)(=O)[O-])ccc23)c1)c1cccc(Cl)c1.[Na+]. The summed E-state index contributed by atoms with van der Waals surface area (Å²) in [6.45, 7) is 0. The summed E-state index contributed by atoms with van der Waals surface area (Å²) in [4.78, 5) is 39.9. The number of hydrogen-bond acceptors (Lipinski definition) is 7. The average molecular weight is 688 g/mol. The van der Waals surface area contributed by atoms with Crippen LogP contribution in [0, 0.1) is 0 Å². The number of hydrogen-bond donors (Lipinski definition) is 4.